The van der Waals surface area contributed by atoms with Crippen LogP contribution in [0.2, 0.25) is 0 Å². The molecule has 3 heteroatoms. The Labute approximate surface area is 96.0 Å². The zero-order chi connectivity index (χ0) is 11.8. The molecule has 86 valence electrons. The Bertz CT molecular complexity index is 422. The van der Waals surface area contributed by atoms with Gasteiger partial charge in [0.25, 0.3) is 5.91 Å². The molecule has 1 aliphatic carbocycles. The summed E-state index contributed by atoms with van der Waals surface area (Å²) in [5.74, 6) is -0.0279. The average Bonchev–Trinajstić information content (AvgIpc) is 2.98. The van der Waals surface area contributed by atoms with E-state index < -0.39 is 0 Å². The lowest BCUT2D eigenvalue weighted by molar-refractivity contribution is 0.0946. The Morgan fingerprint density at radius 2 is 2.19 bits per heavy atom. The summed E-state index contributed by atoms with van der Waals surface area (Å²) in [5.41, 5.74) is 8.43. The van der Waals surface area contributed by atoms with E-state index in [-0.39, 0.29) is 5.91 Å². The molecule has 1 aromatic carbocycles. The minimum absolute atomic E-state index is 0.0279. The van der Waals surface area contributed by atoms with Gasteiger partial charge in [-0.2, -0.15) is 0 Å². The van der Waals surface area contributed by atoms with E-state index in [0.29, 0.717) is 16.7 Å². The van der Waals surface area contributed by atoms with Crippen molar-refractivity contribution in [2.24, 2.45) is 5.41 Å². The molecule has 3 N–H and O–H groups in total. The van der Waals surface area contributed by atoms with Crippen LogP contribution in [0.15, 0.2) is 18.2 Å². The average molecular weight is 218 g/mol. The molecule has 0 bridgehead atoms. The van der Waals surface area contributed by atoms with Crippen LogP contribution in [0.25, 0.3) is 0 Å². The highest BCUT2D eigenvalue weighted by molar-refractivity contribution is 5.95. The maximum Gasteiger partial charge on any atom is 0.251 e. The summed E-state index contributed by atoms with van der Waals surface area (Å²) in [5, 5.41) is 2.95. The van der Waals surface area contributed by atoms with Gasteiger partial charge in [-0.1, -0.05) is 13.0 Å². The summed E-state index contributed by atoms with van der Waals surface area (Å²) in [6, 6.07) is 5.43. The number of carbonyl (C=O) groups excluding carboxylic acids is 1. The number of aryl methyl sites for hydroxylation is 1. The molecular weight excluding hydrogens is 200 g/mol. The Hall–Kier alpha value is -1.51. The van der Waals surface area contributed by atoms with Crippen LogP contribution >= 0.6 is 0 Å². The summed E-state index contributed by atoms with van der Waals surface area (Å²) in [6.45, 7) is 4.89. The van der Waals surface area contributed by atoms with Gasteiger partial charge in [-0.15, -0.1) is 0 Å². The number of carbonyl (C=O) groups is 1. The number of benzene rings is 1. The topological polar surface area (TPSA) is 55.1 Å². The second-order valence-corrected chi connectivity index (χ2v) is 5.06. The second kappa shape index (κ2) is 3.81. The van der Waals surface area contributed by atoms with Gasteiger partial charge < -0.3 is 11.1 Å². The number of amides is 1. The number of nitrogens with two attached hydrogens (primary N) is 1. The predicted molar refractivity (Wildman–Crippen MR) is 65.3 cm³/mol. The van der Waals surface area contributed by atoms with Gasteiger partial charge in [-0.05, 0) is 42.9 Å². The number of hydrogen-bond acceptors (Lipinski definition) is 2. The van der Waals surface area contributed by atoms with Gasteiger partial charge in [0.15, 0.2) is 0 Å². The molecule has 0 unspecified atom stereocenters. The highest BCUT2D eigenvalue weighted by Gasteiger charge is 2.37. The van der Waals surface area contributed by atoms with Gasteiger partial charge in [0.05, 0.1) is 0 Å². The first kappa shape index (κ1) is 11.0. The van der Waals surface area contributed by atoms with Crippen molar-refractivity contribution >= 4 is 11.6 Å². The molecule has 0 heterocycles. The zero-order valence-corrected chi connectivity index (χ0v) is 9.84. The first-order valence-corrected chi connectivity index (χ1v) is 5.65. The van der Waals surface area contributed by atoms with Crippen molar-refractivity contribution in [3.8, 4) is 0 Å². The minimum Gasteiger partial charge on any atom is -0.398 e. The summed E-state index contributed by atoms with van der Waals surface area (Å²) in [4.78, 5) is 11.8. The molecule has 0 spiro atoms. The van der Waals surface area contributed by atoms with Gasteiger partial charge >= 0.3 is 0 Å². The molecule has 0 aliphatic heterocycles. The van der Waals surface area contributed by atoms with Gasteiger partial charge in [0, 0.05) is 17.8 Å². The third kappa shape index (κ3) is 2.35. The SMILES string of the molecule is Cc1ccc(C(=O)NCC2(C)CC2)cc1N. The van der Waals surface area contributed by atoms with E-state index in [0.717, 1.165) is 12.1 Å². The minimum atomic E-state index is -0.0279. The largest absolute Gasteiger partial charge is 0.398 e. The van der Waals surface area contributed by atoms with Gasteiger partial charge in [-0.3, -0.25) is 4.79 Å². The highest BCUT2D eigenvalue weighted by Crippen LogP contribution is 2.44. The molecule has 1 saturated carbocycles. The number of nitrogens with one attached hydrogen (secondary N) is 1. The van der Waals surface area contributed by atoms with Crippen LogP contribution in [0, 0.1) is 12.3 Å². The molecule has 1 fully saturated rings. The molecule has 0 saturated heterocycles. The lowest BCUT2D eigenvalue weighted by atomic mass is 10.1. The maximum absolute atomic E-state index is 11.8. The molecule has 16 heavy (non-hydrogen) atoms. The van der Waals surface area contributed by atoms with Crippen molar-refractivity contribution in [1.82, 2.24) is 5.32 Å². The number of hydrogen-bond donors (Lipinski definition) is 2. The lowest BCUT2D eigenvalue weighted by Gasteiger charge is -2.10. The van der Waals surface area contributed by atoms with Crippen LogP contribution in [-0.2, 0) is 0 Å². The lowest BCUT2D eigenvalue weighted by Crippen LogP contribution is -2.29. The summed E-state index contributed by atoms with van der Waals surface area (Å²) < 4.78 is 0. The predicted octanol–water partition coefficient (Wildman–Crippen LogP) is 2.11. The van der Waals surface area contributed by atoms with Crippen molar-refractivity contribution in [2.75, 3.05) is 12.3 Å². The van der Waals surface area contributed by atoms with Crippen molar-refractivity contribution in [1.29, 1.82) is 0 Å². The number of rotatable bonds is 3. The maximum atomic E-state index is 11.8. The highest BCUT2D eigenvalue weighted by atomic mass is 16.1. The number of nitrogen functional groups attached to an aromatic ring is 1. The molecular formula is C13H18N2O. The van der Waals surface area contributed by atoms with E-state index in [1.54, 1.807) is 6.07 Å². The zero-order valence-electron chi connectivity index (χ0n) is 9.84. The van der Waals surface area contributed by atoms with Crippen LogP contribution in [-0.4, -0.2) is 12.5 Å². The molecule has 0 aromatic heterocycles. The Kier molecular flexibility index (Phi) is 2.62. The van der Waals surface area contributed by atoms with E-state index in [1.807, 2.05) is 19.1 Å². The Morgan fingerprint density at radius 1 is 1.50 bits per heavy atom. The first-order chi connectivity index (χ1) is 7.50. The third-order valence-electron chi connectivity index (χ3n) is 3.32. The summed E-state index contributed by atoms with van der Waals surface area (Å²) in [7, 11) is 0. The van der Waals surface area contributed by atoms with Crippen LogP contribution in [0.4, 0.5) is 5.69 Å². The quantitative estimate of drug-likeness (QED) is 0.763. The van der Waals surface area contributed by atoms with E-state index in [2.05, 4.69) is 12.2 Å². The monoisotopic (exact) mass is 218 g/mol. The van der Waals surface area contributed by atoms with Crippen molar-refractivity contribution < 1.29 is 4.79 Å². The molecule has 0 atom stereocenters. The summed E-state index contributed by atoms with van der Waals surface area (Å²) in [6.07, 6.45) is 2.42. The molecule has 3 nitrogen and oxygen atoms in total. The molecule has 1 aromatic rings. The van der Waals surface area contributed by atoms with Gasteiger partial charge in [0.1, 0.15) is 0 Å². The molecule has 2 rings (SSSR count). The van der Waals surface area contributed by atoms with Crippen molar-refractivity contribution in [3.63, 3.8) is 0 Å². The fourth-order valence-corrected chi connectivity index (χ4v) is 1.57. The van der Waals surface area contributed by atoms with Gasteiger partial charge in [-0.25, -0.2) is 0 Å². The van der Waals surface area contributed by atoms with E-state index in [9.17, 15) is 4.79 Å². The fraction of sp³-hybridized carbons (Fsp3) is 0.462. The molecule has 1 aliphatic rings. The van der Waals surface area contributed by atoms with Crippen LogP contribution < -0.4 is 11.1 Å². The first-order valence-electron chi connectivity index (χ1n) is 5.65. The molecule has 0 radical (unpaired) electrons. The third-order valence-corrected chi connectivity index (χ3v) is 3.32. The van der Waals surface area contributed by atoms with Crippen molar-refractivity contribution in [2.45, 2.75) is 26.7 Å². The van der Waals surface area contributed by atoms with E-state index >= 15 is 0 Å². The summed E-state index contributed by atoms with van der Waals surface area (Å²) >= 11 is 0. The van der Waals surface area contributed by atoms with Crippen LogP contribution in [0.3, 0.4) is 0 Å². The number of anilines is 1. The van der Waals surface area contributed by atoms with E-state index in [1.165, 1.54) is 12.8 Å². The smallest absolute Gasteiger partial charge is 0.251 e. The normalized spacial score (nSPS) is 16.9. The Balaban J connectivity index is 2.00. The van der Waals surface area contributed by atoms with Gasteiger partial charge in [0.2, 0.25) is 0 Å². The standard InChI is InChI=1S/C13H18N2O/c1-9-3-4-10(7-11(9)14)12(16)15-8-13(2)5-6-13/h3-4,7H,5-6,8,14H2,1-2H3,(H,15,16). The van der Waals surface area contributed by atoms with Crippen LogP contribution in [0.1, 0.15) is 35.7 Å². The fourth-order valence-electron chi connectivity index (χ4n) is 1.57. The van der Waals surface area contributed by atoms with Crippen molar-refractivity contribution in [3.05, 3.63) is 29.3 Å². The Morgan fingerprint density at radius 3 is 2.75 bits per heavy atom. The second-order valence-electron chi connectivity index (χ2n) is 5.06. The van der Waals surface area contributed by atoms with Crippen LogP contribution in [0.5, 0.6) is 0 Å². The molecule has 1 amide bonds. The van der Waals surface area contributed by atoms with E-state index in [4.69, 9.17) is 5.73 Å².